The highest BCUT2D eigenvalue weighted by atomic mass is 32.2. The van der Waals surface area contributed by atoms with Gasteiger partial charge < -0.3 is 5.11 Å². The maximum atomic E-state index is 12.2. The molecule has 0 saturated carbocycles. The van der Waals surface area contributed by atoms with Crippen molar-refractivity contribution in [3.05, 3.63) is 30.3 Å². The third kappa shape index (κ3) is 5.99. The number of nitrogens with zero attached hydrogens (tertiary/aromatic N) is 2. The van der Waals surface area contributed by atoms with Crippen LogP contribution in [-0.2, 0) is 10.8 Å². The van der Waals surface area contributed by atoms with Crippen molar-refractivity contribution in [1.82, 2.24) is 9.80 Å². The number of benzene rings is 1. The molecule has 1 aliphatic heterocycles. The smallest absolute Gasteiger partial charge is 0.0715 e. The van der Waals surface area contributed by atoms with Crippen LogP contribution < -0.4 is 0 Å². The van der Waals surface area contributed by atoms with Crippen LogP contribution in [0, 0.1) is 5.41 Å². The molecule has 5 heteroatoms. The molecule has 1 heterocycles. The molecular weight excluding hydrogens is 308 g/mol. The van der Waals surface area contributed by atoms with Crippen LogP contribution in [0.1, 0.15) is 20.8 Å². The molecule has 0 amide bonds. The minimum absolute atomic E-state index is 0.0658. The van der Waals surface area contributed by atoms with Crippen molar-refractivity contribution < 1.29 is 9.32 Å². The number of hydrogen-bond donors (Lipinski definition) is 1. The topological polar surface area (TPSA) is 43.8 Å². The van der Waals surface area contributed by atoms with E-state index in [9.17, 15) is 9.32 Å². The van der Waals surface area contributed by atoms with E-state index in [1.54, 1.807) is 0 Å². The molecule has 23 heavy (non-hydrogen) atoms. The van der Waals surface area contributed by atoms with Gasteiger partial charge in [0.2, 0.25) is 0 Å². The number of hydrogen-bond acceptors (Lipinski definition) is 4. The summed E-state index contributed by atoms with van der Waals surface area (Å²) >= 11 is 0. The maximum Gasteiger partial charge on any atom is 0.0715 e. The van der Waals surface area contributed by atoms with Gasteiger partial charge in [-0.05, 0) is 17.5 Å². The van der Waals surface area contributed by atoms with Crippen molar-refractivity contribution in [2.75, 3.05) is 45.0 Å². The van der Waals surface area contributed by atoms with Gasteiger partial charge in [0.05, 0.1) is 16.9 Å². The lowest BCUT2D eigenvalue weighted by atomic mass is 9.89. The molecule has 0 bridgehead atoms. The monoisotopic (exact) mass is 338 g/mol. The maximum absolute atomic E-state index is 12.2. The standard InChI is InChI=1S/C18H30N2O2S/c1-18(2,3)17(21)15-20-11-9-19(10-12-20)13-14-23(22)16-7-5-4-6-8-16/h4-8,17,21H,9-15H2,1-3H3/t17-,23-/m1/s1. The fraction of sp³-hybridized carbons (Fsp3) is 0.667. The second kappa shape index (κ2) is 8.38. The number of aliphatic hydroxyl groups excluding tert-OH is 1. The van der Waals surface area contributed by atoms with Crippen molar-refractivity contribution >= 4 is 10.8 Å². The molecule has 1 aromatic rings. The summed E-state index contributed by atoms with van der Waals surface area (Å²) in [5.41, 5.74) is -0.0658. The second-order valence-electron chi connectivity index (χ2n) is 7.39. The lowest BCUT2D eigenvalue weighted by Crippen LogP contribution is -2.50. The Morgan fingerprint density at radius 1 is 1.09 bits per heavy atom. The van der Waals surface area contributed by atoms with Crippen LogP contribution in [0.5, 0.6) is 0 Å². The molecule has 1 fully saturated rings. The summed E-state index contributed by atoms with van der Waals surface area (Å²) in [6.07, 6.45) is -0.292. The van der Waals surface area contributed by atoms with Crippen LogP contribution in [0.4, 0.5) is 0 Å². The van der Waals surface area contributed by atoms with Gasteiger partial charge >= 0.3 is 0 Å². The number of β-amino-alcohol motifs (C(OH)–C–C–N with tert-alkyl or cyclic N) is 1. The van der Waals surface area contributed by atoms with E-state index >= 15 is 0 Å². The van der Waals surface area contributed by atoms with Gasteiger partial charge in [-0.25, -0.2) is 0 Å². The Bertz CT molecular complexity index is 493. The zero-order chi connectivity index (χ0) is 16.9. The molecule has 0 aromatic heterocycles. The summed E-state index contributed by atoms with van der Waals surface area (Å²) < 4.78 is 12.2. The second-order valence-corrected chi connectivity index (χ2v) is 8.96. The molecule has 1 aliphatic rings. The molecule has 2 atom stereocenters. The molecule has 2 rings (SSSR count). The van der Waals surface area contributed by atoms with Crippen LogP contribution in [0.15, 0.2) is 35.2 Å². The fourth-order valence-corrected chi connectivity index (χ4v) is 3.74. The largest absolute Gasteiger partial charge is 0.391 e. The molecule has 0 radical (unpaired) electrons. The highest BCUT2D eigenvalue weighted by Crippen LogP contribution is 2.20. The Kier molecular flexibility index (Phi) is 6.77. The number of rotatable bonds is 6. The molecule has 130 valence electrons. The van der Waals surface area contributed by atoms with E-state index in [-0.39, 0.29) is 11.5 Å². The van der Waals surface area contributed by atoms with Crippen molar-refractivity contribution in [1.29, 1.82) is 0 Å². The van der Waals surface area contributed by atoms with Crippen molar-refractivity contribution in [2.45, 2.75) is 31.8 Å². The first-order chi connectivity index (χ1) is 10.9. The van der Waals surface area contributed by atoms with Gasteiger partial charge in [0.15, 0.2) is 0 Å². The lowest BCUT2D eigenvalue weighted by Gasteiger charge is -2.37. The molecule has 1 aromatic carbocycles. The normalized spacial score (nSPS) is 20.3. The number of aliphatic hydroxyl groups is 1. The third-order valence-corrected chi connectivity index (χ3v) is 5.85. The quantitative estimate of drug-likeness (QED) is 0.859. The molecule has 0 unspecified atom stereocenters. The Morgan fingerprint density at radius 2 is 1.65 bits per heavy atom. The van der Waals surface area contributed by atoms with Gasteiger partial charge in [0, 0.05) is 49.9 Å². The van der Waals surface area contributed by atoms with Gasteiger partial charge in [0.25, 0.3) is 0 Å². The Hall–Kier alpha value is -0.750. The predicted molar refractivity (Wildman–Crippen MR) is 96.1 cm³/mol. The minimum atomic E-state index is -0.910. The van der Waals surface area contributed by atoms with Gasteiger partial charge in [0.1, 0.15) is 0 Å². The SMILES string of the molecule is CC(C)(C)[C@H](O)CN1CCN(CC[S@@](=O)c2ccccc2)CC1. The average Bonchev–Trinajstić information content (AvgIpc) is 2.54. The Morgan fingerprint density at radius 3 is 2.22 bits per heavy atom. The Labute approximate surface area is 142 Å². The van der Waals surface area contributed by atoms with E-state index in [0.717, 1.165) is 44.2 Å². The van der Waals surface area contributed by atoms with E-state index in [0.29, 0.717) is 5.75 Å². The van der Waals surface area contributed by atoms with E-state index in [1.165, 1.54) is 0 Å². The molecule has 1 saturated heterocycles. The van der Waals surface area contributed by atoms with E-state index in [2.05, 4.69) is 30.6 Å². The summed E-state index contributed by atoms with van der Waals surface area (Å²) in [5, 5.41) is 10.2. The van der Waals surface area contributed by atoms with E-state index < -0.39 is 10.8 Å². The van der Waals surface area contributed by atoms with Gasteiger partial charge in [-0.2, -0.15) is 0 Å². The van der Waals surface area contributed by atoms with Crippen LogP contribution >= 0.6 is 0 Å². The first-order valence-electron chi connectivity index (χ1n) is 8.42. The van der Waals surface area contributed by atoms with Crippen LogP contribution in [-0.4, -0.2) is 70.2 Å². The van der Waals surface area contributed by atoms with Crippen LogP contribution in [0.25, 0.3) is 0 Å². The van der Waals surface area contributed by atoms with Crippen LogP contribution in [0.3, 0.4) is 0 Å². The van der Waals surface area contributed by atoms with Gasteiger partial charge in [-0.1, -0.05) is 39.0 Å². The van der Waals surface area contributed by atoms with E-state index in [4.69, 9.17) is 0 Å². The third-order valence-electron chi connectivity index (χ3n) is 4.49. The molecule has 0 aliphatic carbocycles. The minimum Gasteiger partial charge on any atom is -0.391 e. The van der Waals surface area contributed by atoms with E-state index in [1.807, 2.05) is 30.3 Å². The van der Waals surface area contributed by atoms with Crippen molar-refractivity contribution in [3.63, 3.8) is 0 Å². The molecule has 4 nitrogen and oxygen atoms in total. The summed E-state index contributed by atoms with van der Waals surface area (Å²) in [6, 6.07) is 9.69. The molecule has 1 N–H and O–H groups in total. The summed E-state index contributed by atoms with van der Waals surface area (Å²) in [4.78, 5) is 5.63. The first-order valence-corrected chi connectivity index (χ1v) is 9.74. The number of piperazine rings is 1. The average molecular weight is 339 g/mol. The Balaban J connectivity index is 1.70. The highest BCUT2D eigenvalue weighted by molar-refractivity contribution is 7.85. The summed E-state index contributed by atoms with van der Waals surface area (Å²) in [7, 11) is -0.910. The predicted octanol–water partition coefficient (Wildman–Crippen LogP) is 1.82. The van der Waals surface area contributed by atoms with Crippen molar-refractivity contribution in [3.8, 4) is 0 Å². The summed E-state index contributed by atoms with van der Waals surface area (Å²) in [5.74, 6) is 0.689. The van der Waals surface area contributed by atoms with Gasteiger partial charge in [-0.15, -0.1) is 0 Å². The fourth-order valence-electron chi connectivity index (χ4n) is 2.62. The zero-order valence-electron chi connectivity index (χ0n) is 14.6. The summed E-state index contributed by atoms with van der Waals surface area (Å²) in [6.45, 7) is 11.8. The van der Waals surface area contributed by atoms with Crippen molar-refractivity contribution in [2.24, 2.45) is 5.41 Å². The molecular formula is C18H30N2O2S. The first kappa shape index (κ1) is 18.6. The molecule has 0 spiro atoms. The highest BCUT2D eigenvalue weighted by Gasteiger charge is 2.26. The lowest BCUT2D eigenvalue weighted by molar-refractivity contribution is 0.0142. The van der Waals surface area contributed by atoms with Crippen LogP contribution in [0.2, 0.25) is 0 Å². The van der Waals surface area contributed by atoms with Gasteiger partial charge in [-0.3, -0.25) is 14.0 Å². The zero-order valence-corrected chi connectivity index (χ0v) is 15.4.